The molecule has 0 aliphatic rings. The Kier molecular flexibility index (Phi) is 6.23. The molecule has 0 atom stereocenters. The zero-order chi connectivity index (χ0) is 19.2. The van der Waals surface area contributed by atoms with Gasteiger partial charge in [-0.15, -0.1) is 0 Å². The van der Waals surface area contributed by atoms with Gasteiger partial charge in [-0.2, -0.15) is 15.0 Å². The molecule has 1 aromatic heterocycles. The highest BCUT2D eigenvalue weighted by Gasteiger charge is 2.07. The molecule has 3 N–H and O–H groups in total. The summed E-state index contributed by atoms with van der Waals surface area (Å²) in [5.74, 6) is 0.633. The fourth-order valence-corrected chi connectivity index (χ4v) is 2.99. The molecule has 0 fully saturated rings. The van der Waals surface area contributed by atoms with Crippen LogP contribution in [0.1, 0.15) is 17.3 Å². The van der Waals surface area contributed by atoms with E-state index in [1.165, 1.54) is 18.9 Å². The van der Waals surface area contributed by atoms with Gasteiger partial charge in [0.1, 0.15) is 0 Å². The Bertz CT molecular complexity index is 951. The first-order chi connectivity index (χ1) is 13.0. The Balaban J connectivity index is 1.77. The van der Waals surface area contributed by atoms with Gasteiger partial charge in [-0.05, 0) is 80.0 Å². The lowest BCUT2D eigenvalue weighted by molar-refractivity contribution is 0.101. The number of Topliss-reactive ketones (excluding diaryl/α,β-unsaturated/α-hetero) is 1. The van der Waals surface area contributed by atoms with Gasteiger partial charge >= 0.3 is 0 Å². The Morgan fingerprint density at radius 3 is 2.26 bits per heavy atom. The molecular weight excluding hydrogens is 384 g/mol. The molecule has 0 bridgehead atoms. The third-order valence-corrected chi connectivity index (χ3v) is 4.33. The van der Waals surface area contributed by atoms with E-state index in [1.807, 2.05) is 31.3 Å². The van der Waals surface area contributed by atoms with E-state index >= 15 is 0 Å². The second-order valence-corrected chi connectivity index (χ2v) is 6.89. The molecule has 0 saturated heterocycles. The van der Waals surface area contributed by atoms with Crippen LogP contribution < -0.4 is 15.4 Å². The van der Waals surface area contributed by atoms with Crippen LogP contribution in [-0.4, -0.2) is 27.8 Å². The quantitative estimate of drug-likeness (QED) is 0.396. The summed E-state index contributed by atoms with van der Waals surface area (Å²) in [7, 11) is 1.86. The van der Waals surface area contributed by atoms with Crippen molar-refractivity contribution in [2.75, 3.05) is 17.7 Å². The van der Waals surface area contributed by atoms with Gasteiger partial charge in [0.25, 0.3) is 0 Å². The lowest BCUT2D eigenvalue weighted by Crippen LogP contribution is -2.04. The minimum atomic E-state index is 0.00917. The van der Waals surface area contributed by atoms with E-state index < -0.39 is 0 Å². The zero-order valence-corrected chi connectivity index (χ0v) is 16.2. The van der Waals surface area contributed by atoms with Gasteiger partial charge in [0.15, 0.2) is 5.78 Å². The van der Waals surface area contributed by atoms with Crippen LogP contribution in [-0.2, 0) is 0 Å². The number of hydrogen-bond acceptors (Lipinski definition) is 8. The fourth-order valence-electron chi connectivity index (χ4n) is 2.26. The average molecular weight is 401 g/mol. The molecule has 0 aliphatic carbocycles. The van der Waals surface area contributed by atoms with Gasteiger partial charge in [-0.3, -0.25) is 9.52 Å². The van der Waals surface area contributed by atoms with Crippen molar-refractivity contribution in [2.24, 2.45) is 0 Å². The molecular formula is C18H17ClN6OS. The van der Waals surface area contributed by atoms with Crippen molar-refractivity contribution in [3.8, 4) is 0 Å². The van der Waals surface area contributed by atoms with Gasteiger partial charge in [0, 0.05) is 21.8 Å². The maximum Gasteiger partial charge on any atom is 0.233 e. The highest BCUT2D eigenvalue weighted by molar-refractivity contribution is 7.97. The molecule has 27 heavy (non-hydrogen) atoms. The van der Waals surface area contributed by atoms with Crippen LogP contribution in [0.3, 0.4) is 0 Å². The number of nitrogens with zero attached hydrogens (tertiary/aromatic N) is 3. The molecule has 0 spiro atoms. The van der Waals surface area contributed by atoms with Crippen LogP contribution in [0.2, 0.25) is 5.28 Å². The summed E-state index contributed by atoms with van der Waals surface area (Å²) in [5.41, 5.74) is 2.20. The molecule has 0 amide bonds. The van der Waals surface area contributed by atoms with Gasteiger partial charge in [-0.25, -0.2) is 0 Å². The number of hydrogen-bond donors (Lipinski definition) is 3. The van der Waals surface area contributed by atoms with Gasteiger partial charge in [0.2, 0.25) is 17.2 Å². The molecule has 3 aromatic rings. The molecule has 138 valence electrons. The van der Waals surface area contributed by atoms with E-state index in [4.69, 9.17) is 11.6 Å². The minimum absolute atomic E-state index is 0.00917. The van der Waals surface area contributed by atoms with Crippen molar-refractivity contribution in [3.63, 3.8) is 0 Å². The molecule has 2 aromatic carbocycles. The monoisotopic (exact) mass is 400 g/mol. The normalized spacial score (nSPS) is 10.5. The second-order valence-electron chi connectivity index (χ2n) is 5.47. The van der Waals surface area contributed by atoms with Crippen LogP contribution in [0.25, 0.3) is 0 Å². The molecule has 7 nitrogen and oxygen atoms in total. The summed E-state index contributed by atoms with van der Waals surface area (Å²) in [6.45, 7) is 1.52. The number of halogens is 1. The number of aromatic nitrogens is 3. The first-order valence-electron chi connectivity index (χ1n) is 8.04. The highest BCUT2D eigenvalue weighted by Crippen LogP contribution is 2.22. The summed E-state index contributed by atoms with van der Waals surface area (Å²) in [6.07, 6.45) is 0. The van der Waals surface area contributed by atoms with Crippen LogP contribution in [0.15, 0.2) is 53.4 Å². The molecule has 0 radical (unpaired) electrons. The summed E-state index contributed by atoms with van der Waals surface area (Å²) < 4.78 is 3.03. The number of benzene rings is 2. The van der Waals surface area contributed by atoms with E-state index in [0.29, 0.717) is 17.5 Å². The van der Waals surface area contributed by atoms with Crippen molar-refractivity contribution in [1.82, 2.24) is 19.7 Å². The summed E-state index contributed by atoms with van der Waals surface area (Å²) in [6, 6.07) is 14.8. The molecule has 0 aliphatic heterocycles. The molecule has 0 unspecified atom stereocenters. The first kappa shape index (κ1) is 19.1. The average Bonchev–Trinajstić information content (AvgIpc) is 2.62. The van der Waals surface area contributed by atoms with Crippen LogP contribution in [0.5, 0.6) is 0 Å². The zero-order valence-electron chi connectivity index (χ0n) is 14.7. The molecule has 3 rings (SSSR count). The number of ketones is 1. The molecule has 1 heterocycles. The van der Waals surface area contributed by atoms with Crippen molar-refractivity contribution in [2.45, 2.75) is 11.8 Å². The lowest BCUT2D eigenvalue weighted by atomic mass is 10.1. The topological polar surface area (TPSA) is 91.8 Å². The van der Waals surface area contributed by atoms with E-state index in [0.717, 1.165) is 16.3 Å². The third-order valence-electron chi connectivity index (χ3n) is 3.47. The molecule has 9 heteroatoms. The summed E-state index contributed by atoms with van der Waals surface area (Å²) in [5, 5.41) is 6.24. The fraction of sp³-hybridized carbons (Fsp3) is 0.111. The van der Waals surface area contributed by atoms with Crippen molar-refractivity contribution in [1.29, 1.82) is 0 Å². The van der Waals surface area contributed by atoms with Crippen LogP contribution in [0, 0.1) is 0 Å². The summed E-state index contributed by atoms with van der Waals surface area (Å²) in [4.78, 5) is 24.9. The maximum absolute atomic E-state index is 11.4. The first-order valence-corrected chi connectivity index (χ1v) is 9.23. The minimum Gasteiger partial charge on any atom is -0.324 e. The van der Waals surface area contributed by atoms with E-state index in [1.54, 1.807) is 24.3 Å². The predicted octanol–water partition coefficient (Wildman–Crippen LogP) is 4.44. The van der Waals surface area contributed by atoms with Gasteiger partial charge < -0.3 is 10.6 Å². The van der Waals surface area contributed by atoms with E-state index in [2.05, 4.69) is 30.3 Å². The Morgan fingerprint density at radius 1 is 0.963 bits per heavy atom. The molecule has 0 saturated carbocycles. The Morgan fingerprint density at radius 2 is 1.63 bits per heavy atom. The van der Waals surface area contributed by atoms with Crippen LogP contribution >= 0.6 is 23.5 Å². The number of carbonyl (C=O) groups excluding carboxylic acids is 1. The van der Waals surface area contributed by atoms with Crippen LogP contribution in [0.4, 0.5) is 23.3 Å². The number of nitrogens with one attached hydrogen (secondary N) is 3. The van der Waals surface area contributed by atoms with Crippen molar-refractivity contribution >= 4 is 52.6 Å². The SMILES string of the molecule is CNSc1cccc(Nc2nc(Cl)nc(Nc3ccc(C(C)=O)cc3)n2)c1. The Labute approximate surface area is 166 Å². The third kappa shape index (κ3) is 5.40. The largest absolute Gasteiger partial charge is 0.324 e. The second kappa shape index (κ2) is 8.81. The number of rotatable bonds is 7. The lowest BCUT2D eigenvalue weighted by Gasteiger charge is -2.09. The highest BCUT2D eigenvalue weighted by atomic mass is 35.5. The number of carbonyl (C=O) groups is 1. The predicted molar refractivity (Wildman–Crippen MR) is 109 cm³/mol. The van der Waals surface area contributed by atoms with E-state index in [-0.39, 0.29) is 11.1 Å². The standard InChI is InChI=1S/C18H17ClN6OS/c1-11(26)12-6-8-13(9-7-12)21-17-23-16(19)24-18(25-17)22-14-4-3-5-15(10-14)27-20-2/h3-10,20H,1-2H3,(H2,21,22,23,24,25). The van der Waals surface area contributed by atoms with Crippen molar-refractivity contribution in [3.05, 3.63) is 59.4 Å². The Hall–Kier alpha value is -2.68. The van der Waals surface area contributed by atoms with Gasteiger partial charge in [0.05, 0.1) is 0 Å². The van der Waals surface area contributed by atoms with E-state index in [9.17, 15) is 4.79 Å². The maximum atomic E-state index is 11.4. The number of anilines is 4. The van der Waals surface area contributed by atoms with Gasteiger partial charge in [-0.1, -0.05) is 6.07 Å². The summed E-state index contributed by atoms with van der Waals surface area (Å²) >= 11 is 7.53. The van der Waals surface area contributed by atoms with Crippen molar-refractivity contribution < 1.29 is 4.79 Å². The smallest absolute Gasteiger partial charge is 0.233 e.